The van der Waals surface area contributed by atoms with Gasteiger partial charge in [0.2, 0.25) is 0 Å². The maximum Gasteiger partial charge on any atom is 0.0931 e. The van der Waals surface area contributed by atoms with E-state index in [1.54, 1.807) is 11.3 Å². The van der Waals surface area contributed by atoms with Gasteiger partial charge in [-0.2, -0.15) is 0 Å². The number of rotatable bonds is 4. The van der Waals surface area contributed by atoms with E-state index in [0.29, 0.717) is 18.0 Å². The zero-order valence-electron chi connectivity index (χ0n) is 9.17. The molecule has 1 aromatic heterocycles. The van der Waals surface area contributed by atoms with Crippen LogP contribution in [0.3, 0.4) is 0 Å². The predicted octanol–water partition coefficient (Wildman–Crippen LogP) is 3.89. The van der Waals surface area contributed by atoms with E-state index in [4.69, 9.17) is 11.6 Å². The monoisotopic (exact) mass is 231 g/mol. The largest absolute Gasteiger partial charge is 0.311 e. The second-order valence-electron chi connectivity index (χ2n) is 4.04. The number of nitrogens with one attached hydrogen (secondary N) is 1. The minimum atomic E-state index is 0.490. The number of thiophene rings is 1. The molecular formula is C11H18ClNS. The van der Waals surface area contributed by atoms with Crippen molar-refractivity contribution in [2.45, 2.75) is 45.7 Å². The van der Waals surface area contributed by atoms with Crippen LogP contribution in [0.1, 0.15) is 38.5 Å². The first-order valence-corrected chi connectivity index (χ1v) is 6.21. The van der Waals surface area contributed by atoms with Gasteiger partial charge >= 0.3 is 0 Å². The maximum atomic E-state index is 5.91. The topological polar surface area (TPSA) is 12.0 Å². The van der Waals surface area contributed by atoms with Crippen LogP contribution in [0.15, 0.2) is 12.1 Å². The van der Waals surface area contributed by atoms with Crippen molar-refractivity contribution in [3.8, 4) is 0 Å². The Morgan fingerprint density at radius 2 is 1.86 bits per heavy atom. The zero-order valence-corrected chi connectivity index (χ0v) is 10.7. The van der Waals surface area contributed by atoms with E-state index < -0.39 is 0 Å². The summed E-state index contributed by atoms with van der Waals surface area (Å²) in [6.45, 7) is 8.80. The van der Waals surface area contributed by atoms with Gasteiger partial charge < -0.3 is 5.32 Å². The van der Waals surface area contributed by atoms with E-state index in [1.165, 1.54) is 4.88 Å². The fraction of sp³-hybridized carbons (Fsp3) is 0.636. The molecule has 0 bridgehead atoms. The highest BCUT2D eigenvalue weighted by Crippen LogP contribution is 2.29. The third-order valence-electron chi connectivity index (χ3n) is 2.39. The van der Waals surface area contributed by atoms with Gasteiger partial charge in [0.1, 0.15) is 0 Å². The molecule has 1 nitrogen and oxygen atoms in total. The standard InChI is InChI=1S/C11H18ClNS/c1-7(2)13-9(4)8(3)10-5-6-11(12)14-10/h5-9,13H,1-4H3. The lowest BCUT2D eigenvalue weighted by atomic mass is 10.0. The Morgan fingerprint density at radius 3 is 2.29 bits per heavy atom. The second kappa shape index (κ2) is 5.15. The molecule has 1 N–H and O–H groups in total. The summed E-state index contributed by atoms with van der Waals surface area (Å²) >= 11 is 7.59. The molecular weight excluding hydrogens is 214 g/mol. The van der Waals surface area contributed by atoms with E-state index in [0.717, 1.165) is 4.34 Å². The molecule has 0 radical (unpaired) electrons. The fourth-order valence-corrected chi connectivity index (χ4v) is 2.71. The second-order valence-corrected chi connectivity index (χ2v) is 5.79. The number of halogens is 1. The average molecular weight is 232 g/mol. The van der Waals surface area contributed by atoms with Gasteiger partial charge in [-0.05, 0) is 19.1 Å². The summed E-state index contributed by atoms with van der Waals surface area (Å²) in [7, 11) is 0. The molecule has 1 heterocycles. The van der Waals surface area contributed by atoms with Crippen LogP contribution in [0.2, 0.25) is 4.34 Å². The summed E-state index contributed by atoms with van der Waals surface area (Å²) in [6, 6.07) is 5.11. The van der Waals surface area contributed by atoms with Gasteiger partial charge in [-0.3, -0.25) is 0 Å². The van der Waals surface area contributed by atoms with Crippen molar-refractivity contribution >= 4 is 22.9 Å². The van der Waals surface area contributed by atoms with Crippen LogP contribution in [-0.2, 0) is 0 Å². The summed E-state index contributed by atoms with van der Waals surface area (Å²) in [5.41, 5.74) is 0. The SMILES string of the molecule is CC(C)NC(C)C(C)c1ccc(Cl)s1. The zero-order chi connectivity index (χ0) is 10.7. The molecule has 1 aromatic rings. The molecule has 0 saturated carbocycles. The van der Waals surface area contributed by atoms with Gasteiger partial charge in [-0.15, -0.1) is 11.3 Å². The van der Waals surface area contributed by atoms with Gasteiger partial charge in [0.25, 0.3) is 0 Å². The van der Waals surface area contributed by atoms with Crippen LogP contribution in [0.4, 0.5) is 0 Å². The normalized spacial score (nSPS) is 15.9. The van der Waals surface area contributed by atoms with Crippen LogP contribution in [-0.4, -0.2) is 12.1 Å². The lowest BCUT2D eigenvalue weighted by Gasteiger charge is -2.22. The van der Waals surface area contributed by atoms with Gasteiger partial charge in [0.05, 0.1) is 4.34 Å². The van der Waals surface area contributed by atoms with Gasteiger partial charge in [-0.25, -0.2) is 0 Å². The minimum absolute atomic E-state index is 0.490. The minimum Gasteiger partial charge on any atom is -0.311 e. The van der Waals surface area contributed by atoms with Crippen LogP contribution >= 0.6 is 22.9 Å². The molecule has 0 fully saturated rings. The Hall–Kier alpha value is -0.0500. The lowest BCUT2D eigenvalue weighted by molar-refractivity contribution is 0.443. The summed E-state index contributed by atoms with van der Waals surface area (Å²) < 4.78 is 0.878. The molecule has 0 spiro atoms. The predicted molar refractivity (Wildman–Crippen MR) is 65.5 cm³/mol. The van der Waals surface area contributed by atoms with Crippen LogP contribution < -0.4 is 5.32 Å². The van der Waals surface area contributed by atoms with Crippen LogP contribution in [0, 0.1) is 0 Å². The van der Waals surface area contributed by atoms with Crippen molar-refractivity contribution in [1.29, 1.82) is 0 Å². The van der Waals surface area contributed by atoms with Crippen molar-refractivity contribution in [2.75, 3.05) is 0 Å². The third-order valence-corrected chi connectivity index (χ3v) is 3.82. The highest BCUT2D eigenvalue weighted by atomic mass is 35.5. The third kappa shape index (κ3) is 3.26. The summed E-state index contributed by atoms with van der Waals surface area (Å²) in [5, 5.41) is 3.51. The molecule has 0 aliphatic heterocycles. The molecule has 1 rings (SSSR count). The fourth-order valence-electron chi connectivity index (χ4n) is 1.49. The molecule has 80 valence electrons. The highest BCUT2D eigenvalue weighted by molar-refractivity contribution is 7.16. The van der Waals surface area contributed by atoms with Gasteiger partial charge in [0.15, 0.2) is 0 Å². The van der Waals surface area contributed by atoms with E-state index >= 15 is 0 Å². The maximum absolute atomic E-state index is 5.91. The summed E-state index contributed by atoms with van der Waals surface area (Å²) in [6.07, 6.45) is 0. The summed E-state index contributed by atoms with van der Waals surface area (Å²) in [5.74, 6) is 0.523. The Labute approximate surface area is 95.5 Å². The summed E-state index contributed by atoms with van der Waals surface area (Å²) in [4.78, 5) is 1.36. The average Bonchev–Trinajstić information content (AvgIpc) is 2.49. The Bertz CT molecular complexity index is 283. The molecule has 0 aliphatic rings. The van der Waals surface area contributed by atoms with Crippen molar-refractivity contribution in [3.63, 3.8) is 0 Å². The van der Waals surface area contributed by atoms with Crippen LogP contribution in [0.5, 0.6) is 0 Å². The molecule has 14 heavy (non-hydrogen) atoms. The van der Waals surface area contributed by atoms with Gasteiger partial charge in [-0.1, -0.05) is 32.4 Å². The Kier molecular flexibility index (Phi) is 4.42. The smallest absolute Gasteiger partial charge is 0.0931 e. The molecule has 3 heteroatoms. The number of hydrogen-bond donors (Lipinski definition) is 1. The Balaban J connectivity index is 2.60. The Morgan fingerprint density at radius 1 is 1.21 bits per heavy atom. The molecule has 2 unspecified atom stereocenters. The first-order chi connectivity index (χ1) is 6.50. The van der Waals surface area contributed by atoms with Crippen molar-refractivity contribution < 1.29 is 0 Å². The van der Waals surface area contributed by atoms with Crippen molar-refractivity contribution in [3.05, 3.63) is 21.3 Å². The van der Waals surface area contributed by atoms with Crippen LogP contribution in [0.25, 0.3) is 0 Å². The molecule has 0 aromatic carbocycles. The first kappa shape index (κ1) is 12.0. The highest BCUT2D eigenvalue weighted by Gasteiger charge is 2.16. The van der Waals surface area contributed by atoms with E-state index in [1.807, 2.05) is 6.07 Å². The van der Waals surface area contributed by atoms with E-state index in [2.05, 4.69) is 39.1 Å². The van der Waals surface area contributed by atoms with Crippen molar-refractivity contribution in [2.24, 2.45) is 0 Å². The van der Waals surface area contributed by atoms with Crippen molar-refractivity contribution in [1.82, 2.24) is 5.32 Å². The molecule has 0 aliphatic carbocycles. The lowest BCUT2D eigenvalue weighted by Crippen LogP contribution is -2.35. The van der Waals surface area contributed by atoms with E-state index in [-0.39, 0.29) is 0 Å². The number of hydrogen-bond acceptors (Lipinski definition) is 2. The van der Waals surface area contributed by atoms with Gasteiger partial charge in [0, 0.05) is 22.9 Å². The molecule has 0 saturated heterocycles. The quantitative estimate of drug-likeness (QED) is 0.829. The first-order valence-electron chi connectivity index (χ1n) is 5.02. The van der Waals surface area contributed by atoms with E-state index in [9.17, 15) is 0 Å². The molecule has 2 atom stereocenters. The molecule has 0 amide bonds.